The van der Waals surface area contributed by atoms with Crippen LogP contribution in [0.5, 0.6) is 0 Å². The number of benzene rings is 1. The lowest BCUT2D eigenvalue weighted by Gasteiger charge is -2.34. The standard InChI is InChI=1S/C16H21BrN2O/c1-12-8-13(2)11-19(10-12)16(20)18-7-6-14-4-3-5-15(17)9-14/h3-7,9,12-13H,8,10-11H2,1-2H3,(H,18,20)/b7-6+. The molecule has 2 amide bonds. The van der Waals surface area contributed by atoms with E-state index in [1.807, 2.05) is 35.2 Å². The molecule has 1 fully saturated rings. The average Bonchev–Trinajstić information content (AvgIpc) is 2.37. The summed E-state index contributed by atoms with van der Waals surface area (Å²) in [6.45, 7) is 6.10. The van der Waals surface area contributed by atoms with Crippen LogP contribution in [0.25, 0.3) is 6.08 Å². The molecule has 1 aliphatic rings. The number of amides is 2. The largest absolute Gasteiger partial charge is 0.324 e. The third kappa shape index (κ3) is 4.37. The summed E-state index contributed by atoms with van der Waals surface area (Å²) in [7, 11) is 0. The SMILES string of the molecule is CC1CC(C)CN(C(=O)N/C=C/c2cccc(Br)c2)C1. The number of urea groups is 1. The molecule has 0 saturated carbocycles. The molecule has 0 spiro atoms. The fourth-order valence-electron chi connectivity index (χ4n) is 2.74. The van der Waals surface area contributed by atoms with Crippen molar-refractivity contribution in [2.24, 2.45) is 11.8 Å². The van der Waals surface area contributed by atoms with Gasteiger partial charge in [0, 0.05) is 23.8 Å². The molecule has 2 atom stereocenters. The smallest absolute Gasteiger partial charge is 0.321 e. The zero-order valence-electron chi connectivity index (χ0n) is 12.0. The number of nitrogens with zero attached hydrogens (tertiary/aromatic N) is 1. The summed E-state index contributed by atoms with van der Waals surface area (Å²) in [6, 6.07) is 7.95. The molecular formula is C16H21BrN2O. The highest BCUT2D eigenvalue weighted by Crippen LogP contribution is 2.20. The minimum atomic E-state index is -0.00496. The van der Waals surface area contributed by atoms with Crippen LogP contribution in [0.1, 0.15) is 25.8 Å². The van der Waals surface area contributed by atoms with Crippen molar-refractivity contribution in [3.05, 3.63) is 40.5 Å². The molecule has 0 aromatic heterocycles. The molecule has 1 aromatic rings. The lowest BCUT2D eigenvalue weighted by atomic mass is 9.92. The van der Waals surface area contributed by atoms with Crippen molar-refractivity contribution in [2.75, 3.05) is 13.1 Å². The maximum Gasteiger partial charge on any atom is 0.321 e. The van der Waals surface area contributed by atoms with Crippen molar-refractivity contribution < 1.29 is 4.79 Å². The number of likely N-dealkylation sites (tertiary alicyclic amines) is 1. The Morgan fingerprint density at radius 2 is 2.05 bits per heavy atom. The van der Waals surface area contributed by atoms with E-state index in [0.717, 1.165) is 23.1 Å². The quantitative estimate of drug-likeness (QED) is 0.865. The Hall–Kier alpha value is -1.29. The van der Waals surface area contributed by atoms with Gasteiger partial charge in [0.05, 0.1) is 0 Å². The van der Waals surface area contributed by atoms with Gasteiger partial charge in [-0.1, -0.05) is 41.9 Å². The highest BCUT2D eigenvalue weighted by atomic mass is 79.9. The van der Waals surface area contributed by atoms with Gasteiger partial charge in [-0.15, -0.1) is 0 Å². The van der Waals surface area contributed by atoms with E-state index in [-0.39, 0.29) is 6.03 Å². The summed E-state index contributed by atoms with van der Waals surface area (Å²) < 4.78 is 1.03. The van der Waals surface area contributed by atoms with Crippen LogP contribution in [0.4, 0.5) is 4.79 Å². The van der Waals surface area contributed by atoms with Gasteiger partial charge in [0.2, 0.25) is 0 Å². The minimum absolute atomic E-state index is 0.00496. The van der Waals surface area contributed by atoms with Gasteiger partial charge < -0.3 is 10.2 Å². The molecule has 2 unspecified atom stereocenters. The highest BCUT2D eigenvalue weighted by Gasteiger charge is 2.24. The van der Waals surface area contributed by atoms with E-state index >= 15 is 0 Å². The zero-order chi connectivity index (χ0) is 14.5. The van der Waals surface area contributed by atoms with Crippen molar-refractivity contribution in [3.63, 3.8) is 0 Å². The first-order valence-corrected chi connectivity index (χ1v) is 7.81. The molecule has 1 saturated heterocycles. The van der Waals surface area contributed by atoms with Crippen LogP contribution in [0.2, 0.25) is 0 Å². The first-order chi connectivity index (χ1) is 9.54. The van der Waals surface area contributed by atoms with Gasteiger partial charge in [-0.25, -0.2) is 4.79 Å². The van der Waals surface area contributed by atoms with E-state index in [1.54, 1.807) is 6.20 Å². The Bertz CT molecular complexity index is 491. The Morgan fingerprint density at radius 3 is 2.70 bits per heavy atom. The van der Waals surface area contributed by atoms with Crippen LogP contribution in [-0.2, 0) is 0 Å². The second-order valence-electron chi connectivity index (χ2n) is 5.69. The maximum absolute atomic E-state index is 12.1. The van der Waals surface area contributed by atoms with Crippen molar-refractivity contribution in [3.8, 4) is 0 Å². The molecule has 4 heteroatoms. The topological polar surface area (TPSA) is 32.3 Å². The number of hydrogen-bond donors (Lipinski definition) is 1. The summed E-state index contributed by atoms with van der Waals surface area (Å²) in [5.74, 6) is 1.16. The molecular weight excluding hydrogens is 316 g/mol. The van der Waals surface area contributed by atoms with Gasteiger partial charge in [0.15, 0.2) is 0 Å². The summed E-state index contributed by atoms with van der Waals surface area (Å²) in [5, 5.41) is 2.85. The first kappa shape index (κ1) is 15.1. The fourth-order valence-corrected chi connectivity index (χ4v) is 3.16. The Labute approximate surface area is 129 Å². The summed E-state index contributed by atoms with van der Waals surface area (Å²) in [5.41, 5.74) is 1.06. The fraction of sp³-hybridized carbons (Fsp3) is 0.438. The van der Waals surface area contributed by atoms with Crippen molar-refractivity contribution in [1.82, 2.24) is 10.2 Å². The van der Waals surface area contributed by atoms with Crippen molar-refractivity contribution >= 4 is 28.0 Å². The number of nitrogens with one attached hydrogen (secondary N) is 1. The minimum Gasteiger partial charge on any atom is -0.324 e. The van der Waals surface area contributed by atoms with Gasteiger partial charge >= 0.3 is 6.03 Å². The van der Waals surface area contributed by atoms with Crippen LogP contribution >= 0.6 is 15.9 Å². The van der Waals surface area contributed by atoms with Gasteiger partial charge in [0.1, 0.15) is 0 Å². The Morgan fingerprint density at radius 1 is 1.35 bits per heavy atom. The highest BCUT2D eigenvalue weighted by molar-refractivity contribution is 9.10. The predicted octanol–water partition coefficient (Wildman–Crippen LogP) is 4.11. The molecule has 0 bridgehead atoms. The van der Waals surface area contributed by atoms with Crippen molar-refractivity contribution in [1.29, 1.82) is 0 Å². The third-order valence-electron chi connectivity index (χ3n) is 3.49. The Balaban J connectivity index is 1.88. The second-order valence-corrected chi connectivity index (χ2v) is 6.60. The van der Waals surface area contributed by atoms with Crippen LogP contribution in [0, 0.1) is 11.8 Å². The average molecular weight is 337 g/mol. The zero-order valence-corrected chi connectivity index (χ0v) is 13.6. The van der Waals surface area contributed by atoms with Crippen molar-refractivity contribution in [2.45, 2.75) is 20.3 Å². The normalized spacial score (nSPS) is 23.1. The van der Waals surface area contributed by atoms with E-state index in [1.165, 1.54) is 6.42 Å². The van der Waals surface area contributed by atoms with E-state index in [2.05, 4.69) is 35.1 Å². The van der Waals surface area contributed by atoms with Crippen LogP contribution in [0.3, 0.4) is 0 Å². The van der Waals surface area contributed by atoms with Crippen LogP contribution < -0.4 is 5.32 Å². The van der Waals surface area contributed by atoms with Gasteiger partial charge in [-0.05, 0) is 42.0 Å². The van der Waals surface area contributed by atoms with Gasteiger partial charge in [-0.2, -0.15) is 0 Å². The third-order valence-corrected chi connectivity index (χ3v) is 3.98. The lowest BCUT2D eigenvalue weighted by molar-refractivity contribution is 0.149. The molecule has 1 heterocycles. The lowest BCUT2D eigenvalue weighted by Crippen LogP contribution is -2.46. The molecule has 1 aliphatic heterocycles. The predicted molar refractivity (Wildman–Crippen MR) is 86.2 cm³/mol. The second kappa shape index (κ2) is 6.93. The van der Waals surface area contributed by atoms with E-state index in [0.29, 0.717) is 11.8 Å². The molecule has 2 rings (SSSR count). The van der Waals surface area contributed by atoms with E-state index < -0.39 is 0 Å². The van der Waals surface area contributed by atoms with Gasteiger partial charge in [0.25, 0.3) is 0 Å². The van der Waals surface area contributed by atoms with Crippen LogP contribution in [0.15, 0.2) is 34.9 Å². The number of rotatable bonds is 2. The molecule has 1 aromatic carbocycles. The number of hydrogen-bond acceptors (Lipinski definition) is 1. The molecule has 0 radical (unpaired) electrons. The molecule has 3 nitrogen and oxygen atoms in total. The maximum atomic E-state index is 12.1. The number of carbonyl (C=O) groups is 1. The Kier molecular flexibility index (Phi) is 5.24. The van der Waals surface area contributed by atoms with Gasteiger partial charge in [-0.3, -0.25) is 0 Å². The number of piperidine rings is 1. The molecule has 1 N–H and O–H groups in total. The summed E-state index contributed by atoms with van der Waals surface area (Å²) in [6.07, 6.45) is 4.82. The molecule has 0 aliphatic carbocycles. The number of halogens is 1. The number of carbonyl (C=O) groups excluding carboxylic acids is 1. The summed E-state index contributed by atoms with van der Waals surface area (Å²) in [4.78, 5) is 14.0. The van der Waals surface area contributed by atoms with Crippen LogP contribution in [-0.4, -0.2) is 24.0 Å². The monoisotopic (exact) mass is 336 g/mol. The van der Waals surface area contributed by atoms with E-state index in [4.69, 9.17) is 0 Å². The first-order valence-electron chi connectivity index (χ1n) is 7.02. The van der Waals surface area contributed by atoms with E-state index in [9.17, 15) is 4.79 Å². The molecule has 20 heavy (non-hydrogen) atoms. The molecule has 108 valence electrons. The summed E-state index contributed by atoms with van der Waals surface area (Å²) >= 11 is 3.43.